The number of fused-ring (bicyclic) bond motifs is 4. The molecule has 2 aromatic rings. The van der Waals surface area contributed by atoms with Crippen molar-refractivity contribution < 1.29 is 19.1 Å². The number of nitrogens with zero attached hydrogens (tertiary/aromatic N) is 1. The van der Waals surface area contributed by atoms with Gasteiger partial charge in [-0.3, -0.25) is 9.59 Å². The summed E-state index contributed by atoms with van der Waals surface area (Å²) >= 11 is 0. The lowest BCUT2D eigenvalue weighted by atomic mass is 10.0. The summed E-state index contributed by atoms with van der Waals surface area (Å²) in [6.07, 6.45) is 3.62. The normalized spacial score (nSPS) is 24.3. The minimum Gasteiger partial charge on any atom is -0.466 e. The Balaban J connectivity index is 1.39. The van der Waals surface area contributed by atoms with Gasteiger partial charge < -0.3 is 14.8 Å². The molecule has 6 heteroatoms. The van der Waals surface area contributed by atoms with E-state index in [1.807, 2.05) is 25.1 Å². The van der Waals surface area contributed by atoms with Gasteiger partial charge in [-0.2, -0.15) is 0 Å². The molecule has 1 amide bonds. The Bertz CT molecular complexity index is 955. The number of carbonyl (C=O) groups is 2. The van der Waals surface area contributed by atoms with E-state index in [9.17, 15) is 9.59 Å². The fraction of sp³-hybridized carbons (Fsp3) is 0.381. The number of rotatable bonds is 4. The molecule has 1 fully saturated rings. The van der Waals surface area contributed by atoms with E-state index in [0.717, 1.165) is 17.7 Å². The summed E-state index contributed by atoms with van der Waals surface area (Å²) in [5.41, 5.74) is 3.42. The van der Waals surface area contributed by atoms with E-state index in [1.54, 1.807) is 6.20 Å². The molecule has 1 aromatic carbocycles. The fourth-order valence-corrected chi connectivity index (χ4v) is 4.48. The van der Waals surface area contributed by atoms with Crippen LogP contribution in [0.25, 0.3) is 0 Å². The van der Waals surface area contributed by atoms with Crippen LogP contribution in [0.3, 0.4) is 0 Å². The molecule has 1 aliphatic heterocycles. The van der Waals surface area contributed by atoms with E-state index in [-0.39, 0.29) is 23.7 Å². The lowest BCUT2D eigenvalue weighted by molar-refractivity contribution is -0.145. The van der Waals surface area contributed by atoms with Crippen LogP contribution in [-0.4, -0.2) is 23.5 Å². The van der Waals surface area contributed by atoms with Gasteiger partial charge in [0.1, 0.15) is 17.3 Å². The highest BCUT2D eigenvalue weighted by molar-refractivity contribution is 5.93. The van der Waals surface area contributed by atoms with Gasteiger partial charge in [0.15, 0.2) is 0 Å². The maximum atomic E-state index is 12.1. The SMILES string of the molecule is CCOC(=O)C1C2Cc3ccc(Oc4ccnc5c4CCC(=O)N5)cc3C21. The standard InChI is InChI=1S/C21H20N2O4/c1-2-26-21(25)19-15-9-11-3-4-12(10-14(11)18(15)19)27-16-7-8-22-20-13(16)5-6-17(24)23-20/h3-4,7-8,10,15,18-19H,2,5-6,9H2,1H3,(H,22,23,24). The third-order valence-electron chi connectivity index (χ3n) is 5.76. The van der Waals surface area contributed by atoms with E-state index in [2.05, 4.69) is 16.4 Å². The molecule has 3 unspecified atom stereocenters. The average molecular weight is 364 g/mol. The molecule has 5 rings (SSSR count). The van der Waals surface area contributed by atoms with Crippen molar-refractivity contribution >= 4 is 17.7 Å². The van der Waals surface area contributed by atoms with Crippen LogP contribution in [0.15, 0.2) is 30.5 Å². The highest BCUT2D eigenvalue weighted by Crippen LogP contribution is 2.62. The highest BCUT2D eigenvalue weighted by Gasteiger charge is 2.60. The third kappa shape index (κ3) is 2.67. The van der Waals surface area contributed by atoms with Crippen LogP contribution in [0.2, 0.25) is 0 Å². The first-order chi connectivity index (χ1) is 13.2. The minimum absolute atomic E-state index is 0.00315. The maximum absolute atomic E-state index is 12.1. The molecule has 1 aromatic heterocycles. The number of hydrogen-bond donors (Lipinski definition) is 1. The lowest BCUT2D eigenvalue weighted by Gasteiger charge is -2.19. The molecule has 3 atom stereocenters. The van der Waals surface area contributed by atoms with Crippen LogP contribution < -0.4 is 10.1 Å². The molecule has 2 aliphatic carbocycles. The Hall–Kier alpha value is -2.89. The summed E-state index contributed by atoms with van der Waals surface area (Å²) in [6.45, 7) is 2.27. The Kier molecular flexibility index (Phi) is 3.67. The molecule has 138 valence electrons. The molecular formula is C21H20N2O4. The van der Waals surface area contributed by atoms with Crippen LogP contribution in [0.1, 0.15) is 36.0 Å². The van der Waals surface area contributed by atoms with Crippen molar-refractivity contribution in [3.8, 4) is 11.5 Å². The number of nitrogens with one attached hydrogen (secondary N) is 1. The van der Waals surface area contributed by atoms with Gasteiger partial charge in [0.25, 0.3) is 0 Å². The molecule has 0 radical (unpaired) electrons. The van der Waals surface area contributed by atoms with Crippen LogP contribution in [0, 0.1) is 11.8 Å². The van der Waals surface area contributed by atoms with Crippen LogP contribution in [-0.2, 0) is 27.2 Å². The van der Waals surface area contributed by atoms with Crippen LogP contribution in [0.5, 0.6) is 11.5 Å². The van der Waals surface area contributed by atoms with Crippen LogP contribution >= 0.6 is 0 Å². The van der Waals surface area contributed by atoms with E-state index >= 15 is 0 Å². The van der Waals surface area contributed by atoms with Gasteiger partial charge in [0.05, 0.1) is 12.5 Å². The lowest BCUT2D eigenvalue weighted by Crippen LogP contribution is -2.20. The molecule has 0 spiro atoms. The molecule has 0 bridgehead atoms. The number of carbonyl (C=O) groups excluding carboxylic acids is 2. The number of aromatic nitrogens is 1. The molecule has 1 N–H and O–H groups in total. The summed E-state index contributed by atoms with van der Waals surface area (Å²) in [7, 11) is 0. The molecule has 3 aliphatic rings. The number of anilines is 1. The first-order valence-corrected chi connectivity index (χ1v) is 9.40. The van der Waals surface area contributed by atoms with Gasteiger partial charge in [-0.05, 0) is 55.0 Å². The number of pyridine rings is 1. The number of amides is 1. The largest absolute Gasteiger partial charge is 0.466 e. The molecule has 6 nitrogen and oxygen atoms in total. The monoisotopic (exact) mass is 364 g/mol. The number of hydrogen-bond acceptors (Lipinski definition) is 5. The third-order valence-corrected chi connectivity index (χ3v) is 5.76. The van der Waals surface area contributed by atoms with Gasteiger partial charge in [0, 0.05) is 24.1 Å². The zero-order chi connectivity index (χ0) is 18.5. The van der Waals surface area contributed by atoms with Gasteiger partial charge in [0.2, 0.25) is 5.91 Å². The van der Waals surface area contributed by atoms with E-state index in [1.165, 1.54) is 11.1 Å². The number of esters is 1. The summed E-state index contributed by atoms with van der Waals surface area (Å²) < 4.78 is 11.3. The fourth-order valence-electron chi connectivity index (χ4n) is 4.48. The molecular weight excluding hydrogens is 344 g/mol. The van der Waals surface area contributed by atoms with Gasteiger partial charge in [-0.25, -0.2) is 4.98 Å². The molecule has 0 saturated heterocycles. The van der Waals surface area contributed by atoms with Crippen molar-refractivity contribution in [1.29, 1.82) is 0 Å². The van der Waals surface area contributed by atoms with Crippen LogP contribution in [0.4, 0.5) is 5.82 Å². The van der Waals surface area contributed by atoms with Crippen molar-refractivity contribution in [2.24, 2.45) is 11.8 Å². The summed E-state index contributed by atoms with van der Waals surface area (Å²) in [5.74, 6) is 2.57. The van der Waals surface area contributed by atoms with Crippen molar-refractivity contribution in [2.45, 2.75) is 32.1 Å². The van der Waals surface area contributed by atoms with Gasteiger partial charge >= 0.3 is 5.97 Å². The van der Waals surface area contributed by atoms with Crippen molar-refractivity contribution in [3.63, 3.8) is 0 Å². The average Bonchev–Trinajstić information content (AvgIpc) is 3.25. The second kappa shape index (κ2) is 6.08. The summed E-state index contributed by atoms with van der Waals surface area (Å²) in [6, 6.07) is 7.93. The Morgan fingerprint density at radius 3 is 3.04 bits per heavy atom. The summed E-state index contributed by atoms with van der Waals surface area (Å²) in [5, 5.41) is 2.79. The second-order valence-corrected chi connectivity index (χ2v) is 7.32. The quantitative estimate of drug-likeness (QED) is 0.843. The maximum Gasteiger partial charge on any atom is 0.309 e. The zero-order valence-corrected chi connectivity index (χ0v) is 15.0. The first-order valence-electron chi connectivity index (χ1n) is 9.40. The minimum atomic E-state index is -0.0802. The predicted molar refractivity (Wildman–Crippen MR) is 97.8 cm³/mol. The second-order valence-electron chi connectivity index (χ2n) is 7.32. The topological polar surface area (TPSA) is 77.5 Å². The van der Waals surface area contributed by atoms with E-state index < -0.39 is 0 Å². The molecule has 1 saturated carbocycles. The molecule has 27 heavy (non-hydrogen) atoms. The Labute approximate surface area is 156 Å². The smallest absolute Gasteiger partial charge is 0.309 e. The van der Waals surface area contributed by atoms with Crippen molar-refractivity contribution in [2.75, 3.05) is 11.9 Å². The zero-order valence-electron chi connectivity index (χ0n) is 15.0. The van der Waals surface area contributed by atoms with Crippen molar-refractivity contribution in [3.05, 3.63) is 47.2 Å². The summed E-state index contributed by atoms with van der Waals surface area (Å²) in [4.78, 5) is 27.9. The number of benzene rings is 1. The highest BCUT2D eigenvalue weighted by atomic mass is 16.5. The first kappa shape index (κ1) is 16.3. The van der Waals surface area contributed by atoms with Gasteiger partial charge in [-0.15, -0.1) is 0 Å². The Morgan fingerprint density at radius 2 is 2.19 bits per heavy atom. The molecule has 2 heterocycles. The van der Waals surface area contributed by atoms with Gasteiger partial charge in [-0.1, -0.05) is 6.07 Å². The number of ether oxygens (including phenoxy) is 2. The van der Waals surface area contributed by atoms with E-state index in [4.69, 9.17) is 9.47 Å². The van der Waals surface area contributed by atoms with Crippen molar-refractivity contribution in [1.82, 2.24) is 4.98 Å². The Morgan fingerprint density at radius 1 is 1.30 bits per heavy atom. The predicted octanol–water partition coefficient (Wildman–Crippen LogP) is 3.21. The van der Waals surface area contributed by atoms with E-state index in [0.29, 0.717) is 36.9 Å².